The Kier molecular flexibility index (Phi) is 7.70. The van der Waals surface area contributed by atoms with E-state index in [0.29, 0.717) is 0 Å². The second-order valence-electron chi connectivity index (χ2n) is 5.78. The highest BCUT2D eigenvalue weighted by Gasteiger charge is 2.46. The third-order valence-corrected chi connectivity index (χ3v) is 3.70. The lowest BCUT2D eigenvalue weighted by atomic mass is 9.96. The van der Waals surface area contributed by atoms with Gasteiger partial charge in [0.05, 0.1) is 6.61 Å². The number of rotatable bonds is 7. The Hall–Kier alpha value is -1.79. The van der Waals surface area contributed by atoms with E-state index in [1.54, 1.807) is 0 Å². The van der Waals surface area contributed by atoms with E-state index in [4.69, 9.17) is 14.6 Å². The normalized spacial score (nSPS) is 31.7. The predicted molar refractivity (Wildman–Crippen MR) is 81.2 cm³/mol. The second-order valence-corrected chi connectivity index (χ2v) is 5.78. The highest BCUT2D eigenvalue weighted by Crippen LogP contribution is 2.23. The largest absolute Gasteiger partial charge is 0.480 e. The van der Waals surface area contributed by atoms with E-state index in [0.717, 1.165) is 0 Å². The summed E-state index contributed by atoms with van der Waals surface area (Å²) < 4.78 is 10.5. The average Bonchev–Trinajstić information content (AvgIpc) is 2.52. The maximum Gasteiger partial charge on any atom is 0.325 e. The molecule has 1 fully saturated rings. The first-order chi connectivity index (χ1) is 11.6. The summed E-state index contributed by atoms with van der Waals surface area (Å²) in [7, 11) is 0. The predicted octanol–water partition coefficient (Wildman–Crippen LogP) is -3.08. The van der Waals surface area contributed by atoms with Crippen LogP contribution in [0.3, 0.4) is 0 Å². The highest BCUT2D eigenvalue weighted by molar-refractivity contribution is 5.85. The van der Waals surface area contributed by atoms with Gasteiger partial charge < -0.3 is 40.5 Å². The molecule has 1 rings (SSSR count). The molecule has 11 heteroatoms. The number of carboxylic acids is 1. The van der Waals surface area contributed by atoms with Crippen molar-refractivity contribution in [3.63, 3.8) is 0 Å². The molecule has 1 aliphatic heterocycles. The molecule has 1 heterocycles. The Bertz CT molecular complexity index is 501. The number of carbonyl (C=O) groups excluding carboxylic acids is 2. The van der Waals surface area contributed by atoms with Crippen molar-refractivity contribution in [3.8, 4) is 0 Å². The number of carboxylic acid groups (broad SMARTS) is 1. The van der Waals surface area contributed by atoms with Crippen LogP contribution in [-0.4, -0.2) is 87.6 Å². The Labute approximate surface area is 143 Å². The van der Waals surface area contributed by atoms with Crippen LogP contribution in [0.5, 0.6) is 0 Å². The molecule has 0 aliphatic carbocycles. The molecule has 5 unspecified atom stereocenters. The minimum atomic E-state index is -1.58. The molecule has 0 spiro atoms. The van der Waals surface area contributed by atoms with E-state index in [1.807, 2.05) is 0 Å². The van der Waals surface area contributed by atoms with Gasteiger partial charge in [-0.25, -0.2) is 0 Å². The van der Waals surface area contributed by atoms with E-state index >= 15 is 0 Å². The Morgan fingerprint density at radius 2 is 1.84 bits per heavy atom. The molecule has 0 aromatic rings. The smallest absolute Gasteiger partial charge is 0.325 e. The second kappa shape index (κ2) is 9.06. The SMILES string of the molecule is CC(=O)NC1C(O)OC(CO)C(O)C1O[C@H](C)C(=O)N[C@@H](C)C(=O)O. The van der Waals surface area contributed by atoms with E-state index in [1.165, 1.54) is 20.8 Å². The first kappa shape index (κ1) is 21.3. The summed E-state index contributed by atoms with van der Waals surface area (Å²) in [5, 5.41) is 42.7. The molecule has 11 nitrogen and oxygen atoms in total. The molecule has 0 bridgehead atoms. The van der Waals surface area contributed by atoms with Gasteiger partial charge in [-0.15, -0.1) is 0 Å². The zero-order valence-electron chi connectivity index (χ0n) is 14.1. The fourth-order valence-electron chi connectivity index (χ4n) is 2.32. The molecule has 7 atom stereocenters. The minimum Gasteiger partial charge on any atom is -0.480 e. The van der Waals surface area contributed by atoms with Gasteiger partial charge >= 0.3 is 5.97 Å². The molecule has 0 saturated carbocycles. The van der Waals surface area contributed by atoms with Crippen LogP contribution in [0.15, 0.2) is 0 Å². The summed E-state index contributed by atoms with van der Waals surface area (Å²) in [5.74, 6) is -2.53. The summed E-state index contributed by atoms with van der Waals surface area (Å²) in [5.41, 5.74) is 0. The lowest BCUT2D eigenvalue weighted by Crippen LogP contribution is -2.65. The fourth-order valence-corrected chi connectivity index (χ4v) is 2.32. The maximum absolute atomic E-state index is 12.0. The van der Waals surface area contributed by atoms with E-state index < -0.39 is 67.2 Å². The molecule has 0 radical (unpaired) electrons. The number of hydrogen-bond donors (Lipinski definition) is 6. The lowest BCUT2D eigenvalue weighted by molar-refractivity contribution is -0.266. The van der Waals surface area contributed by atoms with Gasteiger partial charge in [0.2, 0.25) is 11.8 Å². The average molecular weight is 364 g/mol. The number of aliphatic hydroxyl groups is 3. The molecule has 1 saturated heterocycles. The zero-order valence-corrected chi connectivity index (χ0v) is 14.1. The fraction of sp³-hybridized carbons (Fsp3) is 0.786. The van der Waals surface area contributed by atoms with E-state index in [9.17, 15) is 29.7 Å². The van der Waals surface area contributed by atoms with Gasteiger partial charge in [-0.2, -0.15) is 0 Å². The third kappa shape index (κ3) is 5.61. The number of ether oxygens (including phenoxy) is 2. The van der Waals surface area contributed by atoms with Gasteiger partial charge in [-0.05, 0) is 13.8 Å². The number of carbonyl (C=O) groups is 3. The van der Waals surface area contributed by atoms with E-state index in [-0.39, 0.29) is 0 Å². The van der Waals surface area contributed by atoms with Gasteiger partial charge in [-0.3, -0.25) is 14.4 Å². The lowest BCUT2D eigenvalue weighted by Gasteiger charge is -2.43. The number of aliphatic hydroxyl groups excluding tert-OH is 3. The van der Waals surface area contributed by atoms with E-state index in [2.05, 4.69) is 10.6 Å². The molecule has 0 aromatic heterocycles. The van der Waals surface area contributed by atoms with Crippen molar-refractivity contribution in [2.75, 3.05) is 6.61 Å². The first-order valence-electron chi connectivity index (χ1n) is 7.66. The summed E-state index contributed by atoms with van der Waals surface area (Å²) in [6, 6.07) is -2.34. The molecule has 6 N–H and O–H groups in total. The van der Waals surface area contributed by atoms with Crippen molar-refractivity contribution in [3.05, 3.63) is 0 Å². The molecular formula is C14H24N2O9. The Morgan fingerprint density at radius 3 is 2.32 bits per heavy atom. The molecule has 0 aromatic carbocycles. The van der Waals surface area contributed by atoms with Crippen LogP contribution < -0.4 is 10.6 Å². The summed E-state index contributed by atoms with van der Waals surface area (Å²) >= 11 is 0. The van der Waals surface area contributed by atoms with Crippen LogP contribution >= 0.6 is 0 Å². The van der Waals surface area contributed by atoms with Gasteiger partial charge in [-0.1, -0.05) is 0 Å². The Morgan fingerprint density at radius 1 is 1.24 bits per heavy atom. The standard InChI is InChI=1S/C14H24N2O9/c1-5(13(21)22)15-12(20)6(2)24-11-9(16-7(3)18)14(23)25-8(4-17)10(11)19/h5-6,8-11,14,17,19,23H,4H2,1-3H3,(H,15,20)(H,16,18)(H,21,22)/t5-,6+,8?,9?,10?,11?,14?/m0/s1. The Balaban J connectivity index is 2.88. The van der Waals surface area contributed by atoms with Crippen molar-refractivity contribution < 1.29 is 44.3 Å². The summed E-state index contributed by atoms with van der Waals surface area (Å²) in [4.78, 5) is 34.1. The van der Waals surface area contributed by atoms with Crippen LogP contribution in [0.25, 0.3) is 0 Å². The van der Waals surface area contributed by atoms with Crippen LogP contribution in [0, 0.1) is 0 Å². The monoisotopic (exact) mass is 364 g/mol. The topological polar surface area (TPSA) is 175 Å². The van der Waals surface area contributed by atoms with Gasteiger partial charge in [0.25, 0.3) is 0 Å². The molecule has 1 aliphatic rings. The number of hydrogen-bond acceptors (Lipinski definition) is 8. The molecule has 25 heavy (non-hydrogen) atoms. The van der Waals surface area contributed by atoms with Crippen molar-refractivity contribution in [2.45, 2.75) is 63.6 Å². The van der Waals surface area contributed by atoms with Crippen molar-refractivity contribution in [2.24, 2.45) is 0 Å². The van der Waals surface area contributed by atoms with Crippen LogP contribution in [-0.2, 0) is 23.9 Å². The zero-order chi connectivity index (χ0) is 19.3. The summed E-state index contributed by atoms with van der Waals surface area (Å²) in [6.07, 6.45) is -6.69. The van der Waals surface area contributed by atoms with Crippen molar-refractivity contribution in [1.82, 2.24) is 10.6 Å². The molecule has 144 valence electrons. The number of nitrogens with one attached hydrogen (secondary N) is 2. The van der Waals surface area contributed by atoms with Gasteiger partial charge in [0, 0.05) is 6.92 Å². The number of aliphatic carboxylic acids is 1. The first-order valence-corrected chi connectivity index (χ1v) is 7.66. The van der Waals surface area contributed by atoms with Gasteiger partial charge in [0.1, 0.15) is 36.5 Å². The minimum absolute atomic E-state index is 0.535. The number of amides is 2. The quantitative estimate of drug-likeness (QED) is 0.274. The van der Waals surface area contributed by atoms with Gasteiger partial charge in [0.15, 0.2) is 6.29 Å². The molecule has 2 amide bonds. The summed E-state index contributed by atoms with van der Waals surface area (Å²) in [6.45, 7) is 3.14. The van der Waals surface area contributed by atoms with Crippen molar-refractivity contribution >= 4 is 17.8 Å². The van der Waals surface area contributed by atoms with Crippen molar-refractivity contribution in [1.29, 1.82) is 0 Å². The van der Waals surface area contributed by atoms with Crippen LogP contribution in [0.4, 0.5) is 0 Å². The third-order valence-electron chi connectivity index (χ3n) is 3.70. The highest BCUT2D eigenvalue weighted by atomic mass is 16.6. The molecular weight excluding hydrogens is 340 g/mol. The maximum atomic E-state index is 12.0. The van der Waals surface area contributed by atoms with Crippen LogP contribution in [0.1, 0.15) is 20.8 Å². The van der Waals surface area contributed by atoms with Crippen LogP contribution in [0.2, 0.25) is 0 Å².